The summed E-state index contributed by atoms with van der Waals surface area (Å²) >= 11 is 0. The highest BCUT2D eigenvalue weighted by atomic mass is 32.2. The SMILES string of the molecule is CCN(CC)S(=O)(=O)c1ccc(OC)c(C(=O)NCC(C)CC(=O)O)c1. The molecule has 1 aromatic carbocycles. The van der Waals surface area contributed by atoms with Crippen LogP contribution in [0, 0.1) is 5.92 Å². The average molecular weight is 386 g/mol. The Morgan fingerprint density at radius 1 is 1.27 bits per heavy atom. The predicted molar refractivity (Wildman–Crippen MR) is 96.9 cm³/mol. The van der Waals surface area contributed by atoms with Gasteiger partial charge in [0.15, 0.2) is 0 Å². The monoisotopic (exact) mass is 386 g/mol. The van der Waals surface area contributed by atoms with Crippen molar-refractivity contribution >= 4 is 21.9 Å². The highest BCUT2D eigenvalue weighted by Crippen LogP contribution is 2.24. The van der Waals surface area contributed by atoms with Gasteiger partial charge in [0.2, 0.25) is 10.0 Å². The normalized spacial score (nSPS) is 12.7. The molecule has 0 heterocycles. The fourth-order valence-electron chi connectivity index (χ4n) is 2.47. The first-order chi connectivity index (χ1) is 12.2. The number of rotatable bonds is 10. The van der Waals surface area contributed by atoms with Gasteiger partial charge in [-0.3, -0.25) is 9.59 Å². The van der Waals surface area contributed by atoms with Gasteiger partial charge >= 0.3 is 5.97 Å². The second-order valence-electron chi connectivity index (χ2n) is 5.86. The van der Waals surface area contributed by atoms with Crippen molar-refractivity contribution in [3.05, 3.63) is 23.8 Å². The molecule has 2 N–H and O–H groups in total. The van der Waals surface area contributed by atoms with E-state index in [1.165, 1.54) is 29.6 Å². The topological polar surface area (TPSA) is 113 Å². The lowest BCUT2D eigenvalue weighted by atomic mass is 10.1. The zero-order chi connectivity index (χ0) is 19.9. The van der Waals surface area contributed by atoms with E-state index in [9.17, 15) is 18.0 Å². The van der Waals surface area contributed by atoms with E-state index in [1.807, 2.05) is 0 Å². The molecule has 1 unspecified atom stereocenters. The molecule has 0 aromatic heterocycles. The van der Waals surface area contributed by atoms with Crippen molar-refractivity contribution in [2.75, 3.05) is 26.7 Å². The number of ether oxygens (including phenoxy) is 1. The Balaban J connectivity index is 3.10. The third kappa shape index (κ3) is 5.43. The minimum absolute atomic E-state index is 0.00531. The Kier molecular flexibility index (Phi) is 8.04. The molecule has 0 aliphatic carbocycles. The Labute approximate surface area is 154 Å². The van der Waals surface area contributed by atoms with Gasteiger partial charge in [0.1, 0.15) is 5.75 Å². The van der Waals surface area contributed by atoms with Crippen LogP contribution in [0.1, 0.15) is 37.6 Å². The van der Waals surface area contributed by atoms with Crippen molar-refractivity contribution in [3.8, 4) is 5.75 Å². The maximum atomic E-state index is 12.6. The van der Waals surface area contributed by atoms with Crippen molar-refractivity contribution in [2.24, 2.45) is 5.92 Å². The molecule has 26 heavy (non-hydrogen) atoms. The highest BCUT2D eigenvalue weighted by molar-refractivity contribution is 7.89. The molecule has 1 amide bonds. The van der Waals surface area contributed by atoms with Crippen LogP contribution in [0.4, 0.5) is 0 Å². The summed E-state index contributed by atoms with van der Waals surface area (Å²) in [7, 11) is -2.32. The van der Waals surface area contributed by atoms with E-state index < -0.39 is 21.9 Å². The van der Waals surface area contributed by atoms with Gasteiger partial charge in [-0.1, -0.05) is 20.8 Å². The van der Waals surface area contributed by atoms with E-state index >= 15 is 0 Å². The third-order valence-electron chi connectivity index (χ3n) is 3.89. The van der Waals surface area contributed by atoms with Gasteiger partial charge in [0.05, 0.1) is 17.6 Å². The molecule has 146 valence electrons. The van der Waals surface area contributed by atoms with E-state index in [0.29, 0.717) is 13.1 Å². The lowest BCUT2D eigenvalue weighted by molar-refractivity contribution is -0.137. The van der Waals surface area contributed by atoms with Crippen LogP contribution in [0.5, 0.6) is 5.75 Å². The van der Waals surface area contributed by atoms with Crippen LogP contribution in [0.15, 0.2) is 23.1 Å². The largest absolute Gasteiger partial charge is 0.496 e. The van der Waals surface area contributed by atoms with Gasteiger partial charge in [0, 0.05) is 26.1 Å². The number of nitrogens with one attached hydrogen (secondary N) is 1. The second kappa shape index (κ2) is 9.54. The van der Waals surface area contributed by atoms with Gasteiger partial charge in [0.25, 0.3) is 5.91 Å². The number of nitrogens with zero attached hydrogens (tertiary/aromatic N) is 1. The van der Waals surface area contributed by atoms with Crippen molar-refractivity contribution in [1.82, 2.24) is 9.62 Å². The molecule has 0 saturated heterocycles. The summed E-state index contributed by atoms with van der Waals surface area (Å²) < 4.78 is 31.7. The van der Waals surface area contributed by atoms with E-state index in [4.69, 9.17) is 9.84 Å². The van der Waals surface area contributed by atoms with Crippen LogP contribution < -0.4 is 10.1 Å². The summed E-state index contributed by atoms with van der Waals surface area (Å²) in [6, 6.07) is 4.12. The maximum Gasteiger partial charge on any atom is 0.303 e. The molecule has 0 aliphatic heterocycles. The zero-order valence-corrected chi connectivity index (χ0v) is 16.3. The average Bonchev–Trinajstić information content (AvgIpc) is 2.59. The first kappa shape index (κ1) is 21.9. The first-order valence-electron chi connectivity index (χ1n) is 8.35. The summed E-state index contributed by atoms with van der Waals surface area (Å²) in [5.74, 6) is -1.48. The molecule has 8 nitrogen and oxygen atoms in total. The molecule has 0 saturated carbocycles. The minimum Gasteiger partial charge on any atom is -0.496 e. The first-order valence-corrected chi connectivity index (χ1v) is 9.79. The number of carboxylic acids is 1. The van der Waals surface area contributed by atoms with Crippen LogP contribution in [-0.4, -0.2) is 56.5 Å². The van der Waals surface area contributed by atoms with Gasteiger partial charge < -0.3 is 15.2 Å². The number of carbonyl (C=O) groups excluding carboxylic acids is 1. The second-order valence-corrected chi connectivity index (χ2v) is 7.80. The van der Waals surface area contributed by atoms with E-state index in [1.54, 1.807) is 20.8 Å². The number of methoxy groups -OCH3 is 1. The summed E-state index contributed by atoms with van der Waals surface area (Å²) in [5.41, 5.74) is 0.0863. The lowest BCUT2D eigenvalue weighted by Gasteiger charge is -2.19. The molecular weight excluding hydrogens is 360 g/mol. The van der Waals surface area contributed by atoms with Gasteiger partial charge in [-0.2, -0.15) is 4.31 Å². The molecule has 1 rings (SSSR count). The Bertz CT molecular complexity index is 744. The molecule has 0 aliphatic rings. The van der Waals surface area contributed by atoms with Crippen LogP contribution in [-0.2, 0) is 14.8 Å². The minimum atomic E-state index is -3.71. The zero-order valence-electron chi connectivity index (χ0n) is 15.5. The van der Waals surface area contributed by atoms with Crippen LogP contribution in [0.3, 0.4) is 0 Å². The molecule has 9 heteroatoms. The Hall–Kier alpha value is -2.13. The molecule has 0 spiro atoms. The van der Waals surface area contributed by atoms with E-state index in [2.05, 4.69) is 5.32 Å². The smallest absolute Gasteiger partial charge is 0.303 e. The van der Waals surface area contributed by atoms with Crippen molar-refractivity contribution < 1.29 is 27.9 Å². The fraction of sp³-hybridized carbons (Fsp3) is 0.529. The van der Waals surface area contributed by atoms with Crippen molar-refractivity contribution in [3.63, 3.8) is 0 Å². The highest BCUT2D eigenvalue weighted by Gasteiger charge is 2.24. The van der Waals surface area contributed by atoms with Crippen LogP contribution >= 0.6 is 0 Å². The number of hydrogen-bond acceptors (Lipinski definition) is 5. The molecule has 1 atom stereocenters. The summed E-state index contributed by atoms with van der Waals surface area (Å²) in [4.78, 5) is 23.2. The number of aliphatic carboxylic acids is 1. The third-order valence-corrected chi connectivity index (χ3v) is 5.94. The van der Waals surface area contributed by atoms with Crippen LogP contribution in [0.2, 0.25) is 0 Å². The molecule has 1 aromatic rings. The molecule has 0 radical (unpaired) electrons. The van der Waals surface area contributed by atoms with Gasteiger partial charge in [-0.25, -0.2) is 8.42 Å². The fourth-order valence-corrected chi connectivity index (χ4v) is 3.95. The number of carbonyl (C=O) groups is 2. The van der Waals surface area contributed by atoms with E-state index in [-0.39, 0.29) is 35.1 Å². The standard InChI is InChI=1S/C17H26N2O6S/c1-5-19(6-2)26(23,24)13-7-8-15(25-4)14(10-13)17(22)18-11-12(3)9-16(20)21/h7-8,10,12H,5-6,9,11H2,1-4H3,(H,18,22)(H,20,21). The van der Waals surface area contributed by atoms with Gasteiger partial charge in [-0.05, 0) is 24.1 Å². The number of carboxylic acid groups (broad SMARTS) is 1. The Morgan fingerprint density at radius 2 is 1.88 bits per heavy atom. The lowest BCUT2D eigenvalue weighted by Crippen LogP contribution is -2.32. The van der Waals surface area contributed by atoms with Crippen molar-refractivity contribution in [1.29, 1.82) is 0 Å². The summed E-state index contributed by atoms with van der Waals surface area (Å²) in [6.07, 6.45) is -0.0756. The van der Waals surface area contributed by atoms with Crippen molar-refractivity contribution in [2.45, 2.75) is 32.1 Å². The Morgan fingerprint density at radius 3 is 2.38 bits per heavy atom. The van der Waals surface area contributed by atoms with E-state index in [0.717, 1.165) is 0 Å². The number of benzene rings is 1. The predicted octanol–water partition coefficient (Wildman–Crippen LogP) is 1.57. The number of amides is 1. The molecule has 0 bridgehead atoms. The maximum absolute atomic E-state index is 12.6. The quantitative estimate of drug-likeness (QED) is 0.631. The summed E-state index contributed by atoms with van der Waals surface area (Å²) in [6.45, 7) is 5.97. The molecule has 0 fully saturated rings. The van der Waals surface area contributed by atoms with Crippen LogP contribution in [0.25, 0.3) is 0 Å². The van der Waals surface area contributed by atoms with Gasteiger partial charge in [-0.15, -0.1) is 0 Å². The molecular formula is C17H26N2O6S. The summed E-state index contributed by atoms with van der Waals surface area (Å²) in [5, 5.41) is 11.4. The number of sulfonamides is 1. The number of hydrogen-bond donors (Lipinski definition) is 2.